The van der Waals surface area contributed by atoms with Gasteiger partial charge in [0.05, 0.1) is 17.6 Å². The second-order valence-corrected chi connectivity index (χ2v) is 5.60. The van der Waals surface area contributed by atoms with Gasteiger partial charge in [-0.15, -0.1) is 5.10 Å². The smallest absolute Gasteiger partial charge is 0.0969 e. The van der Waals surface area contributed by atoms with Crippen molar-refractivity contribution in [2.24, 2.45) is 5.92 Å². The first kappa shape index (κ1) is 12.6. The number of hydrogen-bond donors (Lipinski definition) is 1. The van der Waals surface area contributed by atoms with E-state index in [1.54, 1.807) is 4.68 Å². The molecule has 0 aliphatic heterocycles. The standard InChI is InChI=1S/C14H17ClN4/c1-10-6-12(15)4-5-14(10)19-9-13(17-18-19)8-16-7-11-2-3-11/h4-6,9,11,16H,2-3,7-8H2,1H3. The van der Waals surface area contributed by atoms with Crippen LogP contribution in [0.3, 0.4) is 0 Å². The highest BCUT2D eigenvalue weighted by Gasteiger charge is 2.20. The lowest BCUT2D eigenvalue weighted by molar-refractivity contribution is 0.628. The van der Waals surface area contributed by atoms with E-state index >= 15 is 0 Å². The summed E-state index contributed by atoms with van der Waals surface area (Å²) in [6, 6.07) is 5.77. The average molecular weight is 277 g/mol. The van der Waals surface area contributed by atoms with E-state index in [0.717, 1.165) is 41.0 Å². The molecule has 0 amide bonds. The van der Waals surface area contributed by atoms with E-state index in [1.807, 2.05) is 31.3 Å². The van der Waals surface area contributed by atoms with Crippen LogP contribution in [0.25, 0.3) is 5.69 Å². The minimum atomic E-state index is 0.743. The summed E-state index contributed by atoms with van der Waals surface area (Å²) in [5.41, 5.74) is 3.08. The van der Waals surface area contributed by atoms with Crippen LogP contribution in [0.4, 0.5) is 0 Å². The van der Waals surface area contributed by atoms with Crippen molar-refractivity contribution in [3.63, 3.8) is 0 Å². The first-order valence-corrected chi connectivity index (χ1v) is 6.98. The lowest BCUT2D eigenvalue weighted by Gasteiger charge is -2.04. The minimum Gasteiger partial charge on any atom is -0.311 e. The molecule has 100 valence electrons. The van der Waals surface area contributed by atoms with E-state index in [1.165, 1.54) is 12.8 Å². The third kappa shape index (κ3) is 3.14. The number of nitrogens with one attached hydrogen (secondary N) is 1. The van der Waals surface area contributed by atoms with Gasteiger partial charge < -0.3 is 5.32 Å². The van der Waals surface area contributed by atoms with Crippen molar-refractivity contribution in [1.29, 1.82) is 0 Å². The van der Waals surface area contributed by atoms with Gasteiger partial charge in [0.2, 0.25) is 0 Å². The molecule has 1 aromatic carbocycles. The van der Waals surface area contributed by atoms with Gasteiger partial charge in [-0.05, 0) is 56.0 Å². The highest BCUT2D eigenvalue weighted by molar-refractivity contribution is 6.30. The Morgan fingerprint density at radius 3 is 3.00 bits per heavy atom. The lowest BCUT2D eigenvalue weighted by atomic mass is 10.2. The molecule has 0 bridgehead atoms. The van der Waals surface area contributed by atoms with Gasteiger partial charge in [-0.2, -0.15) is 0 Å². The molecule has 5 heteroatoms. The van der Waals surface area contributed by atoms with E-state index in [-0.39, 0.29) is 0 Å². The minimum absolute atomic E-state index is 0.743. The van der Waals surface area contributed by atoms with Crippen LogP contribution < -0.4 is 5.32 Å². The number of halogens is 1. The van der Waals surface area contributed by atoms with Gasteiger partial charge in [0, 0.05) is 11.6 Å². The normalized spacial score (nSPS) is 14.8. The summed E-state index contributed by atoms with van der Waals surface area (Å²) in [7, 11) is 0. The molecule has 2 aromatic rings. The molecule has 0 unspecified atom stereocenters. The van der Waals surface area contributed by atoms with Crippen molar-refractivity contribution < 1.29 is 0 Å². The van der Waals surface area contributed by atoms with Crippen molar-refractivity contribution in [3.05, 3.63) is 40.7 Å². The molecule has 19 heavy (non-hydrogen) atoms. The first-order chi connectivity index (χ1) is 9.22. The van der Waals surface area contributed by atoms with Crippen molar-refractivity contribution in [3.8, 4) is 5.69 Å². The molecule has 1 aromatic heterocycles. The molecule has 0 spiro atoms. The summed E-state index contributed by atoms with van der Waals surface area (Å²) in [5.74, 6) is 0.883. The summed E-state index contributed by atoms with van der Waals surface area (Å²) in [5, 5.41) is 12.5. The molecule has 0 saturated heterocycles. The highest BCUT2D eigenvalue weighted by Crippen LogP contribution is 2.27. The first-order valence-electron chi connectivity index (χ1n) is 6.61. The van der Waals surface area contributed by atoms with Crippen molar-refractivity contribution >= 4 is 11.6 Å². The average Bonchev–Trinajstić information content (AvgIpc) is 3.07. The van der Waals surface area contributed by atoms with Crippen LogP contribution in [0.1, 0.15) is 24.1 Å². The molecule has 1 fully saturated rings. The predicted molar refractivity (Wildman–Crippen MR) is 75.5 cm³/mol. The Hall–Kier alpha value is -1.39. The van der Waals surface area contributed by atoms with E-state index in [9.17, 15) is 0 Å². The maximum Gasteiger partial charge on any atom is 0.0969 e. The fourth-order valence-corrected chi connectivity index (χ4v) is 2.33. The van der Waals surface area contributed by atoms with Gasteiger partial charge in [-0.1, -0.05) is 16.8 Å². The molecule has 1 N–H and O–H groups in total. The number of rotatable bonds is 5. The SMILES string of the molecule is Cc1cc(Cl)ccc1-n1cc(CNCC2CC2)nn1. The number of aromatic nitrogens is 3. The van der Waals surface area contributed by atoms with Gasteiger partial charge in [0.1, 0.15) is 0 Å². The summed E-state index contributed by atoms with van der Waals surface area (Å²) in [6.45, 7) is 3.89. The van der Waals surface area contributed by atoms with Crippen LogP contribution in [0.5, 0.6) is 0 Å². The molecule has 1 aliphatic carbocycles. The zero-order valence-electron chi connectivity index (χ0n) is 10.9. The molecular formula is C14H17ClN4. The number of nitrogens with zero attached hydrogens (tertiary/aromatic N) is 3. The molecule has 0 radical (unpaired) electrons. The van der Waals surface area contributed by atoms with Crippen LogP contribution in [-0.4, -0.2) is 21.5 Å². The summed E-state index contributed by atoms with van der Waals surface area (Å²) >= 11 is 5.96. The van der Waals surface area contributed by atoms with Crippen molar-refractivity contribution in [2.45, 2.75) is 26.3 Å². The Labute approximate surface area is 117 Å². The van der Waals surface area contributed by atoms with E-state index in [0.29, 0.717) is 0 Å². The predicted octanol–water partition coefficient (Wildman–Crippen LogP) is 2.73. The third-order valence-electron chi connectivity index (χ3n) is 3.38. The Morgan fingerprint density at radius 1 is 1.42 bits per heavy atom. The Kier molecular flexibility index (Phi) is 3.53. The summed E-state index contributed by atoms with van der Waals surface area (Å²) in [4.78, 5) is 0. The van der Waals surface area contributed by atoms with Crippen LogP contribution in [0.2, 0.25) is 5.02 Å². The fraction of sp³-hybridized carbons (Fsp3) is 0.429. The van der Waals surface area contributed by atoms with Crippen molar-refractivity contribution in [2.75, 3.05) is 6.54 Å². The van der Waals surface area contributed by atoms with Crippen LogP contribution in [0, 0.1) is 12.8 Å². The highest BCUT2D eigenvalue weighted by atomic mass is 35.5. The second kappa shape index (κ2) is 5.31. The number of benzene rings is 1. The Balaban J connectivity index is 1.68. The molecule has 3 rings (SSSR count). The maximum atomic E-state index is 5.96. The zero-order valence-corrected chi connectivity index (χ0v) is 11.7. The third-order valence-corrected chi connectivity index (χ3v) is 3.62. The largest absolute Gasteiger partial charge is 0.311 e. The monoisotopic (exact) mass is 276 g/mol. The van der Waals surface area contributed by atoms with Crippen molar-refractivity contribution in [1.82, 2.24) is 20.3 Å². The molecule has 1 saturated carbocycles. The number of aryl methyl sites for hydroxylation is 1. The topological polar surface area (TPSA) is 42.7 Å². The number of hydrogen-bond acceptors (Lipinski definition) is 3. The van der Waals surface area contributed by atoms with Gasteiger partial charge in [-0.3, -0.25) is 0 Å². The molecule has 1 heterocycles. The summed E-state index contributed by atoms with van der Waals surface area (Å²) in [6.07, 6.45) is 4.70. The molecular weight excluding hydrogens is 260 g/mol. The molecule has 0 atom stereocenters. The Bertz CT molecular complexity index is 575. The quantitative estimate of drug-likeness (QED) is 0.913. The fourth-order valence-electron chi connectivity index (χ4n) is 2.10. The van der Waals surface area contributed by atoms with Crippen LogP contribution in [-0.2, 0) is 6.54 Å². The molecule has 1 aliphatic rings. The zero-order chi connectivity index (χ0) is 13.2. The summed E-state index contributed by atoms with van der Waals surface area (Å²) < 4.78 is 1.81. The van der Waals surface area contributed by atoms with Crippen LogP contribution >= 0.6 is 11.6 Å². The lowest BCUT2D eigenvalue weighted by Crippen LogP contribution is -2.16. The van der Waals surface area contributed by atoms with Crippen LogP contribution in [0.15, 0.2) is 24.4 Å². The van der Waals surface area contributed by atoms with Gasteiger partial charge in [-0.25, -0.2) is 4.68 Å². The van der Waals surface area contributed by atoms with E-state index < -0.39 is 0 Å². The van der Waals surface area contributed by atoms with E-state index in [2.05, 4.69) is 15.6 Å². The molecule has 4 nitrogen and oxygen atoms in total. The van der Waals surface area contributed by atoms with Gasteiger partial charge in [0.25, 0.3) is 0 Å². The second-order valence-electron chi connectivity index (χ2n) is 5.16. The Morgan fingerprint density at radius 2 is 2.26 bits per heavy atom. The van der Waals surface area contributed by atoms with Gasteiger partial charge >= 0.3 is 0 Å². The van der Waals surface area contributed by atoms with E-state index in [4.69, 9.17) is 11.6 Å². The maximum absolute atomic E-state index is 5.96. The van der Waals surface area contributed by atoms with Gasteiger partial charge in [0.15, 0.2) is 0 Å².